The van der Waals surface area contributed by atoms with Crippen molar-refractivity contribution in [1.82, 2.24) is 5.32 Å². The Morgan fingerprint density at radius 1 is 1.40 bits per heavy atom. The maximum atomic E-state index is 6.38. The summed E-state index contributed by atoms with van der Waals surface area (Å²) in [4.78, 5) is 2.38. The van der Waals surface area contributed by atoms with E-state index in [9.17, 15) is 0 Å². The Hall–Kier alpha value is -0.770. The number of hydrogen-bond donors (Lipinski definition) is 1. The molecule has 0 radical (unpaired) electrons. The molecular weight excluding hydrogens is 272 g/mol. The first-order valence-corrected chi connectivity index (χ1v) is 7.98. The summed E-state index contributed by atoms with van der Waals surface area (Å²) >= 11 is 6.38. The molecule has 1 aromatic carbocycles. The molecule has 1 atom stereocenters. The lowest BCUT2D eigenvalue weighted by Gasteiger charge is -2.34. The fraction of sp³-hybridized carbons (Fsp3) is 0.625. The molecule has 1 saturated heterocycles. The van der Waals surface area contributed by atoms with Gasteiger partial charge in [0.25, 0.3) is 0 Å². The predicted molar refractivity (Wildman–Crippen MR) is 85.7 cm³/mol. The summed E-state index contributed by atoms with van der Waals surface area (Å²) in [6.07, 6.45) is 2.70. The van der Waals surface area contributed by atoms with Crippen molar-refractivity contribution in [1.29, 1.82) is 0 Å². The molecular formula is C16H25ClN2O. The third-order valence-corrected chi connectivity index (χ3v) is 4.10. The average Bonchev–Trinajstić information content (AvgIpc) is 2.46. The molecule has 1 aliphatic heterocycles. The van der Waals surface area contributed by atoms with Crippen LogP contribution in [-0.2, 0) is 11.3 Å². The minimum Gasteiger partial charge on any atom is -0.377 e. The largest absolute Gasteiger partial charge is 0.377 e. The summed E-state index contributed by atoms with van der Waals surface area (Å²) in [5.41, 5.74) is 2.37. The van der Waals surface area contributed by atoms with E-state index in [-0.39, 0.29) is 0 Å². The quantitative estimate of drug-likeness (QED) is 0.870. The van der Waals surface area contributed by atoms with Gasteiger partial charge in [-0.3, -0.25) is 0 Å². The van der Waals surface area contributed by atoms with Crippen LogP contribution in [-0.4, -0.2) is 32.3 Å². The number of piperidine rings is 1. The number of nitrogens with one attached hydrogen (secondary N) is 1. The molecule has 0 amide bonds. The van der Waals surface area contributed by atoms with Crippen LogP contribution in [0.15, 0.2) is 18.2 Å². The van der Waals surface area contributed by atoms with Crippen molar-refractivity contribution in [2.45, 2.75) is 39.3 Å². The number of rotatable bonds is 6. The molecule has 1 N–H and O–H groups in total. The van der Waals surface area contributed by atoms with Crippen molar-refractivity contribution in [2.75, 3.05) is 31.1 Å². The van der Waals surface area contributed by atoms with E-state index in [2.05, 4.69) is 42.3 Å². The van der Waals surface area contributed by atoms with Crippen molar-refractivity contribution in [3.05, 3.63) is 28.8 Å². The second kappa shape index (κ2) is 7.87. The summed E-state index contributed by atoms with van der Waals surface area (Å²) in [6.45, 7) is 8.80. The zero-order valence-electron chi connectivity index (χ0n) is 12.5. The fourth-order valence-electron chi connectivity index (χ4n) is 2.68. The van der Waals surface area contributed by atoms with Crippen LogP contribution < -0.4 is 10.2 Å². The van der Waals surface area contributed by atoms with Gasteiger partial charge in [-0.1, -0.05) is 24.6 Å². The monoisotopic (exact) mass is 296 g/mol. The first kappa shape index (κ1) is 15.6. The molecule has 0 bridgehead atoms. The minimum atomic E-state index is 0.356. The van der Waals surface area contributed by atoms with Gasteiger partial charge in [-0.25, -0.2) is 0 Å². The molecule has 3 nitrogen and oxygen atoms in total. The van der Waals surface area contributed by atoms with Crippen molar-refractivity contribution in [2.24, 2.45) is 0 Å². The predicted octanol–water partition coefficient (Wildman–Crippen LogP) is 3.45. The second-order valence-corrected chi connectivity index (χ2v) is 5.63. The molecule has 0 saturated carbocycles. The van der Waals surface area contributed by atoms with Gasteiger partial charge in [-0.2, -0.15) is 0 Å². The van der Waals surface area contributed by atoms with E-state index in [0.717, 1.165) is 49.8 Å². The standard InChI is InChI=1S/C16H25ClN2O/c1-3-18-11-13-7-8-14(10-16(13)17)19-9-5-6-15(12-19)20-4-2/h7-8,10,15,18H,3-6,9,11-12H2,1-2H3. The average molecular weight is 297 g/mol. The summed E-state index contributed by atoms with van der Waals surface area (Å²) < 4.78 is 5.76. The van der Waals surface area contributed by atoms with Crippen molar-refractivity contribution in [3.8, 4) is 0 Å². The molecule has 0 aromatic heterocycles. The minimum absolute atomic E-state index is 0.356. The highest BCUT2D eigenvalue weighted by molar-refractivity contribution is 6.31. The van der Waals surface area contributed by atoms with Gasteiger partial charge in [0.15, 0.2) is 0 Å². The normalized spacial score (nSPS) is 19.4. The van der Waals surface area contributed by atoms with Gasteiger partial charge in [-0.05, 0) is 44.0 Å². The molecule has 4 heteroatoms. The third kappa shape index (κ3) is 4.11. The van der Waals surface area contributed by atoms with E-state index in [1.807, 2.05) is 0 Å². The lowest BCUT2D eigenvalue weighted by atomic mass is 10.1. The highest BCUT2D eigenvalue weighted by Gasteiger charge is 2.20. The van der Waals surface area contributed by atoms with Crippen LogP contribution in [0.5, 0.6) is 0 Å². The van der Waals surface area contributed by atoms with E-state index in [1.54, 1.807) is 0 Å². The number of hydrogen-bond acceptors (Lipinski definition) is 3. The van der Waals surface area contributed by atoms with Gasteiger partial charge in [0.1, 0.15) is 0 Å². The Balaban J connectivity index is 2.03. The van der Waals surface area contributed by atoms with Crippen LogP contribution in [0.2, 0.25) is 5.02 Å². The molecule has 0 spiro atoms. The molecule has 112 valence electrons. The fourth-order valence-corrected chi connectivity index (χ4v) is 2.92. The van der Waals surface area contributed by atoms with E-state index in [1.165, 1.54) is 12.1 Å². The molecule has 1 aromatic rings. The summed E-state index contributed by atoms with van der Waals surface area (Å²) in [5, 5.41) is 4.16. The van der Waals surface area contributed by atoms with E-state index in [0.29, 0.717) is 6.10 Å². The smallest absolute Gasteiger partial charge is 0.0750 e. The lowest BCUT2D eigenvalue weighted by Crippen LogP contribution is -2.39. The zero-order valence-corrected chi connectivity index (χ0v) is 13.2. The van der Waals surface area contributed by atoms with Gasteiger partial charge in [0, 0.05) is 37.0 Å². The van der Waals surface area contributed by atoms with Crippen molar-refractivity contribution < 1.29 is 4.74 Å². The highest BCUT2D eigenvalue weighted by Crippen LogP contribution is 2.26. The molecule has 1 heterocycles. The van der Waals surface area contributed by atoms with Gasteiger partial charge >= 0.3 is 0 Å². The molecule has 1 aliphatic rings. The number of nitrogens with zero attached hydrogens (tertiary/aromatic N) is 1. The second-order valence-electron chi connectivity index (χ2n) is 5.22. The molecule has 0 aliphatic carbocycles. The Morgan fingerprint density at radius 3 is 2.95 bits per heavy atom. The van der Waals surface area contributed by atoms with Crippen molar-refractivity contribution >= 4 is 17.3 Å². The molecule has 2 rings (SSSR count). The summed E-state index contributed by atoms with van der Waals surface area (Å²) in [7, 11) is 0. The van der Waals surface area contributed by atoms with Gasteiger partial charge < -0.3 is 15.0 Å². The Labute approximate surface area is 127 Å². The summed E-state index contributed by atoms with van der Waals surface area (Å²) in [5.74, 6) is 0. The number of ether oxygens (including phenoxy) is 1. The van der Waals surface area contributed by atoms with E-state index in [4.69, 9.17) is 16.3 Å². The molecule has 1 unspecified atom stereocenters. The van der Waals surface area contributed by atoms with Crippen LogP contribution in [0.25, 0.3) is 0 Å². The van der Waals surface area contributed by atoms with Gasteiger partial charge in [0.05, 0.1) is 6.10 Å². The van der Waals surface area contributed by atoms with Crippen LogP contribution in [0.3, 0.4) is 0 Å². The lowest BCUT2D eigenvalue weighted by molar-refractivity contribution is 0.0527. The Bertz CT molecular complexity index is 423. The SMILES string of the molecule is CCNCc1ccc(N2CCCC(OCC)C2)cc1Cl. The summed E-state index contributed by atoms with van der Waals surface area (Å²) in [6, 6.07) is 6.39. The van der Waals surface area contributed by atoms with Crippen LogP contribution in [0.4, 0.5) is 5.69 Å². The van der Waals surface area contributed by atoms with Gasteiger partial charge in [0.2, 0.25) is 0 Å². The maximum Gasteiger partial charge on any atom is 0.0750 e. The Morgan fingerprint density at radius 2 is 2.25 bits per heavy atom. The molecule has 20 heavy (non-hydrogen) atoms. The molecule has 1 fully saturated rings. The van der Waals surface area contributed by atoms with Crippen LogP contribution in [0.1, 0.15) is 32.3 Å². The number of benzene rings is 1. The number of anilines is 1. The van der Waals surface area contributed by atoms with E-state index >= 15 is 0 Å². The first-order chi connectivity index (χ1) is 9.74. The highest BCUT2D eigenvalue weighted by atomic mass is 35.5. The maximum absolute atomic E-state index is 6.38. The zero-order chi connectivity index (χ0) is 14.4. The Kier molecular flexibility index (Phi) is 6.14. The third-order valence-electron chi connectivity index (χ3n) is 3.75. The van der Waals surface area contributed by atoms with Gasteiger partial charge in [-0.15, -0.1) is 0 Å². The van der Waals surface area contributed by atoms with Crippen molar-refractivity contribution in [3.63, 3.8) is 0 Å². The van der Waals surface area contributed by atoms with E-state index < -0.39 is 0 Å². The topological polar surface area (TPSA) is 24.5 Å². The van der Waals surface area contributed by atoms with Crippen LogP contribution in [0, 0.1) is 0 Å². The first-order valence-electron chi connectivity index (χ1n) is 7.60. The number of halogens is 1. The van der Waals surface area contributed by atoms with Crippen LogP contribution >= 0.6 is 11.6 Å².